The van der Waals surface area contributed by atoms with Gasteiger partial charge in [0.2, 0.25) is 0 Å². The molecule has 0 atom stereocenters. The molecule has 0 N–H and O–H groups in total. The molecule has 0 heteroatoms. The fourth-order valence-corrected chi connectivity index (χ4v) is 3.33. The van der Waals surface area contributed by atoms with E-state index in [9.17, 15) is 0 Å². The maximum absolute atomic E-state index is 3.91. The highest BCUT2D eigenvalue weighted by Crippen LogP contribution is 2.37. The van der Waals surface area contributed by atoms with Crippen LogP contribution in [0.1, 0.15) is 68.1 Å². The average Bonchev–Trinajstić information content (AvgIpc) is 2.41. The second kappa shape index (κ2) is 6.22. The van der Waals surface area contributed by atoms with E-state index in [2.05, 4.69) is 38.6 Å². The van der Waals surface area contributed by atoms with Gasteiger partial charge >= 0.3 is 0 Å². The predicted molar refractivity (Wildman–Crippen MR) is 80.9 cm³/mol. The Morgan fingerprint density at radius 2 is 1.94 bits per heavy atom. The lowest BCUT2D eigenvalue weighted by Crippen LogP contribution is -2.13. The zero-order valence-corrected chi connectivity index (χ0v) is 11.9. The second-order valence-electron chi connectivity index (χ2n) is 5.83. The molecule has 98 valence electrons. The Morgan fingerprint density at radius 3 is 2.56 bits per heavy atom. The largest absolute Gasteiger partial charge is 0.0985 e. The van der Waals surface area contributed by atoms with Gasteiger partial charge in [-0.1, -0.05) is 50.6 Å². The Bertz CT molecular complexity index is 394. The van der Waals surface area contributed by atoms with Gasteiger partial charge in [0.15, 0.2) is 0 Å². The standard InChI is InChI=1S/C18H26/c1-4-6-15-8-11-17(12-9-15)18-10-7-14(3)16(5-2)13-18/h5,7,10,13,15,17H,2,4,6,8-9,11-12H2,1,3H3. The summed E-state index contributed by atoms with van der Waals surface area (Å²) < 4.78 is 0. The molecule has 0 nitrogen and oxygen atoms in total. The predicted octanol–water partition coefficient (Wildman–Crippen LogP) is 5.71. The first-order valence-electron chi connectivity index (χ1n) is 7.47. The Labute approximate surface area is 112 Å². The Balaban J connectivity index is 2.03. The Hall–Kier alpha value is -1.04. The highest BCUT2D eigenvalue weighted by atomic mass is 14.3. The first-order chi connectivity index (χ1) is 8.74. The molecule has 0 aliphatic heterocycles. The lowest BCUT2D eigenvalue weighted by Gasteiger charge is -2.29. The highest BCUT2D eigenvalue weighted by Gasteiger charge is 2.21. The smallest absolute Gasteiger partial charge is 0.0162 e. The summed E-state index contributed by atoms with van der Waals surface area (Å²) in [5, 5.41) is 0. The molecule has 0 amide bonds. The normalized spacial score (nSPS) is 23.9. The summed E-state index contributed by atoms with van der Waals surface area (Å²) in [6.45, 7) is 8.39. The van der Waals surface area contributed by atoms with E-state index >= 15 is 0 Å². The third-order valence-corrected chi connectivity index (χ3v) is 4.54. The Morgan fingerprint density at radius 1 is 1.22 bits per heavy atom. The molecule has 0 radical (unpaired) electrons. The molecule has 1 saturated carbocycles. The maximum Gasteiger partial charge on any atom is -0.0162 e. The van der Waals surface area contributed by atoms with Crippen molar-refractivity contribution in [2.24, 2.45) is 5.92 Å². The summed E-state index contributed by atoms with van der Waals surface area (Å²) in [5.74, 6) is 1.79. The van der Waals surface area contributed by atoms with E-state index in [1.165, 1.54) is 55.2 Å². The van der Waals surface area contributed by atoms with Gasteiger partial charge < -0.3 is 0 Å². The molecular formula is C18H26. The quantitative estimate of drug-likeness (QED) is 0.634. The van der Waals surface area contributed by atoms with Crippen molar-refractivity contribution in [3.05, 3.63) is 41.5 Å². The maximum atomic E-state index is 3.91. The molecule has 0 bridgehead atoms. The molecular weight excluding hydrogens is 216 g/mol. The fraction of sp³-hybridized carbons (Fsp3) is 0.556. The van der Waals surface area contributed by atoms with Crippen molar-refractivity contribution in [3.8, 4) is 0 Å². The van der Waals surface area contributed by atoms with Crippen molar-refractivity contribution in [1.82, 2.24) is 0 Å². The van der Waals surface area contributed by atoms with Gasteiger partial charge in [-0.25, -0.2) is 0 Å². The lowest BCUT2D eigenvalue weighted by molar-refractivity contribution is 0.308. The molecule has 18 heavy (non-hydrogen) atoms. The summed E-state index contributed by atoms with van der Waals surface area (Å²) in [6, 6.07) is 6.94. The molecule has 0 unspecified atom stereocenters. The van der Waals surface area contributed by atoms with Crippen molar-refractivity contribution in [1.29, 1.82) is 0 Å². The third kappa shape index (κ3) is 3.04. The van der Waals surface area contributed by atoms with Crippen LogP contribution in [-0.2, 0) is 0 Å². The monoisotopic (exact) mass is 242 g/mol. The minimum Gasteiger partial charge on any atom is -0.0985 e. The molecule has 0 heterocycles. The van der Waals surface area contributed by atoms with Gasteiger partial charge in [-0.2, -0.15) is 0 Å². The summed E-state index contributed by atoms with van der Waals surface area (Å²) in [6.07, 6.45) is 10.4. The molecule has 1 fully saturated rings. The van der Waals surface area contributed by atoms with Crippen LogP contribution in [0, 0.1) is 12.8 Å². The van der Waals surface area contributed by atoms with Crippen LogP contribution in [0.15, 0.2) is 24.8 Å². The third-order valence-electron chi connectivity index (χ3n) is 4.54. The van der Waals surface area contributed by atoms with Gasteiger partial charge in [0, 0.05) is 0 Å². The average molecular weight is 242 g/mol. The number of rotatable bonds is 4. The first-order valence-corrected chi connectivity index (χ1v) is 7.47. The zero-order chi connectivity index (χ0) is 13.0. The van der Waals surface area contributed by atoms with Crippen LogP contribution < -0.4 is 0 Å². The van der Waals surface area contributed by atoms with E-state index in [4.69, 9.17) is 0 Å². The van der Waals surface area contributed by atoms with E-state index in [1.807, 2.05) is 6.08 Å². The molecule has 0 aromatic heterocycles. The van der Waals surface area contributed by atoms with E-state index in [0.717, 1.165) is 11.8 Å². The first kappa shape index (κ1) is 13.4. The van der Waals surface area contributed by atoms with E-state index < -0.39 is 0 Å². The summed E-state index contributed by atoms with van der Waals surface area (Å²) in [7, 11) is 0. The minimum absolute atomic E-state index is 0.789. The van der Waals surface area contributed by atoms with Crippen LogP contribution in [0.25, 0.3) is 6.08 Å². The molecule has 0 saturated heterocycles. The van der Waals surface area contributed by atoms with Gasteiger partial charge in [-0.3, -0.25) is 0 Å². The van der Waals surface area contributed by atoms with Crippen LogP contribution in [0.2, 0.25) is 0 Å². The number of hydrogen-bond donors (Lipinski definition) is 0. The van der Waals surface area contributed by atoms with Gasteiger partial charge in [0.1, 0.15) is 0 Å². The lowest BCUT2D eigenvalue weighted by atomic mass is 9.77. The molecule has 1 aliphatic carbocycles. The Kier molecular flexibility index (Phi) is 4.63. The topological polar surface area (TPSA) is 0 Å². The summed E-state index contributed by atoms with van der Waals surface area (Å²) in [4.78, 5) is 0. The minimum atomic E-state index is 0.789. The van der Waals surface area contributed by atoms with Crippen LogP contribution in [0.5, 0.6) is 0 Å². The van der Waals surface area contributed by atoms with E-state index in [-0.39, 0.29) is 0 Å². The van der Waals surface area contributed by atoms with E-state index in [1.54, 1.807) is 0 Å². The molecule has 0 spiro atoms. The van der Waals surface area contributed by atoms with Gasteiger partial charge in [-0.15, -0.1) is 0 Å². The van der Waals surface area contributed by atoms with Crippen LogP contribution in [-0.4, -0.2) is 0 Å². The molecule has 1 aromatic rings. The van der Waals surface area contributed by atoms with Gasteiger partial charge in [0.25, 0.3) is 0 Å². The SMILES string of the molecule is C=Cc1cc(C2CCC(CCC)CC2)ccc1C. The van der Waals surface area contributed by atoms with Crippen LogP contribution in [0.3, 0.4) is 0 Å². The van der Waals surface area contributed by atoms with Crippen molar-refractivity contribution < 1.29 is 0 Å². The molecule has 2 rings (SSSR count). The van der Waals surface area contributed by atoms with Crippen molar-refractivity contribution >= 4 is 6.08 Å². The fourth-order valence-electron chi connectivity index (χ4n) is 3.33. The van der Waals surface area contributed by atoms with Crippen LogP contribution in [0.4, 0.5) is 0 Å². The molecule has 1 aliphatic rings. The number of hydrogen-bond acceptors (Lipinski definition) is 0. The van der Waals surface area contributed by atoms with Gasteiger partial charge in [-0.05, 0) is 61.1 Å². The van der Waals surface area contributed by atoms with Crippen LogP contribution >= 0.6 is 0 Å². The van der Waals surface area contributed by atoms with Crippen molar-refractivity contribution in [2.45, 2.75) is 58.3 Å². The summed E-state index contributed by atoms with van der Waals surface area (Å²) >= 11 is 0. The second-order valence-corrected chi connectivity index (χ2v) is 5.83. The van der Waals surface area contributed by atoms with Gasteiger partial charge in [0.05, 0.1) is 0 Å². The molecule has 1 aromatic carbocycles. The van der Waals surface area contributed by atoms with E-state index in [0.29, 0.717) is 0 Å². The van der Waals surface area contributed by atoms with Crippen molar-refractivity contribution in [2.75, 3.05) is 0 Å². The number of aryl methyl sites for hydroxylation is 1. The highest BCUT2D eigenvalue weighted by molar-refractivity contribution is 5.53. The number of benzene rings is 1. The summed E-state index contributed by atoms with van der Waals surface area (Å²) in [5.41, 5.74) is 4.18. The van der Waals surface area contributed by atoms with Crippen molar-refractivity contribution in [3.63, 3.8) is 0 Å². The zero-order valence-electron chi connectivity index (χ0n) is 11.9.